The molecule has 0 unspecified atom stereocenters. The van der Waals surface area contributed by atoms with E-state index in [1.807, 2.05) is 13.8 Å². The van der Waals surface area contributed by atoms with Gasteiger partial charge in [-0.3, -0.25) is 0 Å². The zero-order valence-corrected chi connectivity index (χ0v) is 12.2. The Morgan fingerprint density at radius 3 is 2.73 bits per heavy atom. The summed E-state index contributed by atoms with van der Waals surface area (Å²) in [4.78, 5) is 12.6. The SMILES string of the molecule is CC(C)=CNOc1ncc(F)c(NCc2ccccc2F)n1. The van der Waals surface area contributed by atoms with Crippen molar-refractivity contribution in [2.24, 2.45) is 0 Å². The van der Waals surface area contributed by atoms with Gasteiger partial charge in [-0.15, -0.1) is 0 Å². The summed E-state index contributed by atoms with van der Waals surface area (Å²) < 4.78 is 27.2. The number of halogens is 2. The maximum absolute atomic E-state index is 13.7. The number of aromatic nitrogens is 2. The van der Waals surface area contributed by atoms with Crippen LogP contribution in [0, 0.1) is 11.6 Å². The lowest BCUT2D eigenvalue weighted by molar-refractivity contribution is 0.220. The van der Waals surface area contributed by atoms with Crippen molar-refractivity contribution in [3.63, 3.8) is 0 Å². The zero-order chi connectivity index (χ0) is 15.9. The summed E-state index contributed by atoms with van der Waals surface area (Å²) >= 11 is 0. The van der Waals surface area contributed by atoms with Crippen LogP contribution in [0.1, 0.15) is 19.4 Å². The van der Waals surface area contributed by atoms with Gasteiger partial charge in [-0.2, -0.15) is 9.97 Å². The summed E-state index contributed by atoms with van der Waals surface area (Å²) in [6.07, 6.45) is 2.59. The van der Waals surface area contributed by atoms with Crippen LogP contribution in [0.4, 0.5) is 14.6 Å². The molecule has 1 aromatic heterocycles. The Bertz CT molecular complexity index is 672. The van der Waals surface area contributed by atoms with Gasteiger partial charge in [-0.25, -0.2) is 14.3 Å². The van der Waals surface area contributed by atoms with Crippen molar-refractivity contribution in [1.82, 2.24) is 15.4 Å². The Morgan fingerprint density at radius 1 is 1.23 bits per heavy atom. The van der Waals surface area contributed by atoms with Gasteiger partial charge in [0.2, 0.25) is 0 Å². The monoisotopic (exact) mass is 306 g/mol. The third-order valence-electron chi connectivity index (χ3n) is 2.62. The zero-order valence-electron chi connectivity index (χ0n) is 12.2. The van der Waals surface area contributed by atoms with E-state index in [-0.39, 0.29) is 24.2 Å². The number of nitrogens with zero attached hydrogens (tertiary/aromatic N) is 2. The minimum Gasteiger partial charge on any atom is -0.363 e. The smallest absolute Gasteiger partial charge is 0.344 e. The number of nitrogens with one attached hydrogen (secondary N) is 2. The van der Waals surface area contributed by atoms with Crippen LogP contribution in [0.3, 0.4) is 0 Å². The molecule has 1 aromatic carbocycles. The van der Waals surface area contributed by atoms with Gasteiger partial charge in [0.1, 0.15) is 5.82 Å². The fourth-order valence-corrected chi connectivity index (χ4v) is 1.54. The standard InChI is InChI=1S/C15H16F2N4O/c1-10(2)7-20-22-15-19-9-13(17)14(21-15)18-8-11-5-3-4-6-12(11)16/h3-7,9,20H,8H2,1-2H3,(H,18,19,21). The number of hydrogen-bond donors (Lipinski definition) is 2. The van der Waals surface area contributed by atoms with E-state index < -0.39 is 5.82 Å². The number of benzene rings is 1. The van der Waals surface area contributed by atoms with Crippen LogP contribution in [0.15, 0.2) is 42.2 Å². The quantitative estimate of drug-likeness (QED) is 0.803. The van der Waals surface area contributed by atoms with E-state index in [9.17, 15) is 8.78 Å². The van der Waals surface area contributed by atoms with Crippen LogP contribution in [0.5, 0.6) is 6.01 Å². The summed E-state index contributed by atoms with van der Waals surface area (Å²) in [5.41, 5.74) is 3.93. The summed E-state index contributed by atoms with van der Waals surface area (Å²) in [5, 5.41) is 2.72. The van der Waals surface area contributed by atoms with Crippen molar-refractivity contribution in [3.8, 4) is 6.01 Å². The molecule has 2 aromatic rings. The van der Waals surface area contributed by atoms with Crippen molar-refractivity contribution in [2.45, 2.75) is 20.4 Å². The number of allylic oxidation sites excluding steroid dienone is 1. The summed E-state index contributed by atoms with van der Waals surface area (Å²) in [5.74, 6) is -1.08. The average Bonchev–Trinajstić information content (AvgIpc) is 2.48. The van der Waals surface area contributed by atoms with Gasteiger partial charge in [0.25, 0.3) is 0 Å². The fraction of sp³-hybridized carbons (Fsp3) is 0.200. The normalized spacial score (nSPS) is 10.0. The molecule has 22 heavy (non-hydrogen) atoms. The molecule has 5 nitrogen and oxygen atoms in total. The minimum absolute atomic E-state index is 0.0464. The van der Waals surface area contributed by atoms with E-state index in [0.717, 1.165) is 11.8 Å². The first-order chi connectivity index (χ1) is 10.6. The molecule has 0 radical (unpaired) electrons. The summed E-state index contributed by atoms with van der Waals surface area (Å²) in [6.45, 7) is 3.86. The molecule has 0 fully saturated rings. The van der Waals surface area contributed by atoms with Gasteiger partial charge in [0.05, 0.1) is 6.20 Å². The molecule has 2 rings (SSSR count). The van der Waals surface area contributed by atoms with E-state index >= 15 is 0 Å². The van der Waals surface area contributed by atoms with Crippen LogP contribution >= 0.6 is 0 Å². The van der Waals surface area contributed by atoms with E-state index in [0.29, 0.717) is 5.56 Å². The van der Waals surface area contributed by atoms with E-state index in [1.54, 1.807) is 24.4 Å². The van der Waals surface area contributed by atoms with Crippen LogP contribution in [0.25, 0.3) is 0 Å². The summed E-state index contributed by atoms with van der Waals surface area (Å²) in [7, 11) is 0. The highest BCUT2D eigenvalue weighted by atomic mass is 19.1. The minimum atomic E-state index is -0.647. The predicted octanol–water partition coefficient (Wildman–Crippen LogP) is 3.17. The van der Waals surface area contributed by atoms with Gasteiger partial charge in [0, 0.05) is 18.3 Å². The molecular weight excluding hydrogens is 290 g/mol. The maximum atomic E-state index is 13.7. The third-order valence-corrected chi connectivity index (χ3v) is 2.62. The second-order valence-corrected chi connectivity index (χ2v) is 4.74. The highest BCUT2D eigenvalue weighted by Crippen LogP contribution is 2.15. The highest BCUT2D eigenvalue weighted by molar-refractivity contribution is 5.37. The molecule has 7 heteroatoms. The number of hydroxylamine groups is 1. The lowest BCUT2D eigenvalue weighted by Crippen LogP contribution is -2.14. The van der Waals surface area contributed by atoms with E-state index in [2.05, 4.69) is 20.8 Å². The third kappa shape index (κ3) is 4.41. The Labute approximate surface area is 127 Å². The van der Waals surface area contributed by atoms with Crippen molar-refractivity contribution >= 4 is 5.82 Å². The second-order valence-electron chi connectivity index (χ2n) is 4.74. The van der Waals surface area contributed by atoms with Gasteiger partial charge < -0.3 is 10.2 Å². The number of anilines is 1. The Morgan fingerprint density at radius 2 is 2.00 bits per heavy atom. The molecule has 0 saturated heterocycles. The topological polar surface area (TPSA) is 59.1 Å². The molecule has 2 N–H and O–H groups in total. The lowest BCUT2D eigenvalue weighted by atomic mass is 10.2. The van der Waals surface area contributed by atoms with Crippen LogP contribution in [-0.2, 0) is 6.54 Å². The summed E-state index contributed by atoms with van der Waals surface area (Å²) in [6, 6.07) is 6.19. The molecule has 0 bridgehead atoms. The molecule has 1 heterocycles. The largest absolute Gasteiger partial charge is 0.363 e. The van der Waals surface area contributed by atoms with Crippen molar-refractivity contribution < 1.29 is 13.6 Å². The Hall–Kier alpha value is -2.70. The van der Waals surface area contributed by atoms with Crippen LogP contribution < -0.4 is 15.6 Å². The molecule has 0 aliphatic rings. The second kappa shape index (κ2) is 7.35. The molecule has 0 atom stereocenters. The van der Waals surface area contributed by atoms with E-state index in [1.165, 1.54) is 6.07 Å². The van der Waals surface area contributed by atoms with Crippen molar-refractivity contribution in [2.75, 3.05) is 5.32 Å². The first kappa shape index (κ1) is 15.7. The van der Waals surface area contributed by atoms with Gasteiger partial charge in [0.15, 0.2) is 11.6 Å². The molecule has 0 aliphatic carbocycles. The highest BCUT2D eigenvalue weighted by Gasteiger charge is 2.09. The first-order valence-corrected chi connectivity index (χ1v) is 6.62. The van der Waals surface area contributed by atoms with Gasteiger partial charge >= 0.3 is 6.01 Å². The number of hydrogen-bond acceptors (Lipinski definition) is 5. The average molecular weight is 306 g/mol. The first-order valence-electron chi connectivity index (χ1n) is 6.62. The van der Waals surface area contributed by atoms with Crippen molar-refractivity contribution in [3.05, 3.63) is 59.4 Å². The predicted molar refractivity (Wildman–Crippen MR) is 78.9 cm³/mol. The number of rotatable bonds is 6. The maximum Gasteiger partial charge on any atom is 0.344 e. The molecular formula is C15H16F2N4O. The fourth-order valence-electron chi connectivity index (χ4n) is 1.54. The Balaban J connectivity index is 2.04. The molecule has 0 amide bonds. The van der Waals surface area contributed by atoms with Gasteiger partial charge in [-0.05, 0) is 19.9 Å². The molecule has 0 saturated carbocycles. The molecule has 0 spiro atoms. The van der Waals surface area contributed by atoms with Gasteiger partial charge in [-0.1, -0.05) is 23.8 Å². The lowest BCUT2D eigenvalue weighted by Gasteiger charge is -2.09. The van der Waals surface area contributed by atoms with Crippen LogP contribution in [-0.4, -0.2) is 9.97 Å². The molecule has 116 valence electrons. The Kier molecular flexibility index (Phi) is 5.24. The van der Waals surface area contributed by atoms with E-state index in [4.69, 9.17) is 4.84 Å². The van der Waals surface area contributed by atoms with Crippen molar-refractivity contribution in [1.29, 1.82) is 0 Å². The molecule has 0 aliphatic heterocycles. The van der Waals surface area contributed by atoms with Crippen LogP contribution in [0.2, 0.25) is 0 Å².